The molecular weight excluding hydrogens is 178 g/mol. The van der Waals surface area contributed by atoms with Crippen LogP contribution >= 0.6 is 0 Å². The number of rotatable bonds is 3. The zero-order valence-electron chi connectivity index (χ0n) is 8.09. The van der Waals surface area contributed by atoms with Crippen LogP contribution < -0.4 is 5.73 Å². The summed E-state index contributed by atoms with van der Waals surface area (Å²) in [5, 5.41) is 8.28. The van der Waals surface area contributed by atoms with Gasteiger partial charge in [0.1, 0.15) is 5.82 Å². The topological polar surface area (TPSA) is 61.7 Å². The van der Waals surface area contributed by atoms with E-state index in [-0.39, 0.29) is 0 Å². The quantitative estimate of drug-likeness (QED) is 0.778. The Hall–Kier alpha value is -1.78. The molecule has 2 N–H and O–H groups in total. The number of anilines is 1. The van der Waals surface area contributed by atoms with Gasteiger partial charge in [-0.2, -0.15) is 10.2 Å². The van der Waals surface area contributed by atoms with Crippen LogP contribution in [0.15, 0.2) is 24.7 Å². The minimum Gasteiger partial charge on any atom is -0.384 e. The second kappa shape index (κ2) is 3.53. The van der Waals surface area contributed by atoms with E-state index < -0.39 is 0 Å². The Morgan fingerprint density at radius 2 is 2.29 bits per heavy atom. The molecule has 0 spiro atoms. The van der Waals surface area contributed by atoms with Gasteiger partial charge in [0.05, 0.1) is 18.9 Å². The van der Waals surface area contributed by atoms with E-state index in [1.807, 2.05) is 17.1 Å². The Morgan fingerprint density at radius 1 is 1.43 bits per heavy atom. The van der Waals surface area contributed by atoms with Crippen molar-refractivity contribution in [1.82, 2.24) is 19.6 Å². The van der Waals surface area contributed by atoms with Gasteiger partial charge in [0.2, 0.25) is 0 Å². The molecule has 0 amide bonds. The van der Waals surface area contributed by atoms with Crippen molar-refractivity contribution in [2.24, 2.45) is 0 Å². The van der Waals surface area contributed by atoms with Crippen molar-refractivity contribution >= 4 is 5.82 Å². The van der Waals surface area contributed by atoms with Crippen LogP contribution in [0.3, 0.4) is 0 Å². The Kier molecular flexibility index (Phi) is 2.22. The highest BCUT2D eigenvalue weighted by atomic mass is 15.3. The fourth-order valence-electron chi connectivity index (χ4n) is 1.31. The fourth-order valence-corrected chi connectivity index (χ4v) is 1.31. The molecular formula is C9H13N5. The predicted molar refractivity (Wildman–Crippen MR) is 53.6 cm³/mol. The van der Waals surface area contributed by atoms with Gasteiger partial charge in [-0.25, -0.2) is 4.68 Å². The van der Waals surface area contributed by atoms with Crippen LogP contribution in [0, 0.1) is 0 Å². The molecule has 0 atom stereocenters. The third-order valence-corrected chi connectivity index (χ3v) is 2.09. The molecule has 0 fully saturated rings. The molecule has 0 aliphatic rings. The summed E-state index contributed by atoms with van der Waals surface area (Å²) >= 11 is 0. The molecule has 5 nitrogen and oxygen atoms in total. The van der Waals surface area contributed by atoms with Crippen molar-refractivity contribution in [2.75, 3.05) is 5.73 Å². The molecule has 0 aliphatic heterocycles. The zero-order valence-corrected chi connectivity index (χ0v) is 8.09. The molecule has 2 rings (SSSR count). The molecule has 0 saturated carbocycles. The van der Waals surface area contributed by atoms with Crippen molar-refractivity contribution in [2.45, 2.75) is 20.0 Å². The number of hydrogen-bond acceptors (Lipinski definition) is 3. The normalized spacial score (nSPS) is 10.6. The van der Waals surface area contributed by atoms with Gasteiger partial charge in [0.15, 0.2) is 0 Å². The lowest BCUT2D eigenvalue weighted by Crippen LogP contribution is -2.04. The first-order valence-electron chi connectivity index (χ1n) is 4.58. The fraction of sp³-hybridized carbons (Fsp3) is 0.333. The molecule has 0 unspecified atom stereocenters. The summed E-state index contributed by atoms with van der Waals surface area (Å²) in [5.74, 6) is 0.675. The summed E-state index contributed by atoms with van der Waals surface area (Å²) < 4.78 is 3.63. The highest BCUT2D eigenvalue weighted by molar-refractivity contribution is 5.27. The Morgan fingerprint density at radius 3 is 2.86 bits per heavy atom. The molecule has 5 heteroatoms. The SMILES string of the molecule is CCn1cc(Cn2nccc2N)cn1. The number of nitrogens with two attached hydrogens (primary N) is 1. The molecule has 0 aromatic carbocycles. The third kappa shape index (κ3) is 1.61. The number of aromatic nitrogens is 4. The van der Waals surface area contributed by atoms with E-state index >= 15 is 0 Å². The van der Waals surface area contributed by atoms with Gasteiger partial charge in [-0.3, -0.25) is 4.68 Å². The maximum Gasteiger partial charge on any atom is 0.122 e. The number of hydrogen-bond donors (Lipinski definition) is 1. The lowest BCUT2D eigenvalue weighted by atomic mass is 10.3. The molecule has 2 heterocycles. The first-order chi connectivity index (χ1) is 6.79. The van der Waals surface area contributed by atoms with E-state index in [0.717, 1.165) is 12.1 Å². The van der Waals surface area contributed by atoms with Crippen LogP contribution in [0.5, 0.6) is 0 Å². The minimum atomic E-state index is 0.675. The van der Waals surface area contributed by atoms with E-state index in [2.05, 4.69) is 17.1 Å². The smallest absolute Gasteiger partial charge is 0.122 e. The van der Waals surface area contributed by atoms with Crippen LogP contribution in [-0.2, 0) is 13.1 Å². The van der Waals surface area contributed by atoms with E-state index in [4.69, 9.17) is 5.73 Å². The lowest BCUT2D eigenvalue weighted by Gasteiger charge is -2.00. The van der Waals surface area contributed by atoms with E-state index in [1.165, 1.54) is 0 Å². The van der Waals surface area contributed by atoms with Gasteiger partial charge in [-0.15, -0.1) is 0 Å². The van der Waals surface area contributed by atoms with Crippen LogP contribution in [0.1, 0.15) is 12.5 Å². The van der Waals surface area contributed by atoms with E-state index in [9.17, 15) is 0 Å². The largest absolute Gasteiger partial charge is 0.384 e. The van der Waals surface area contributed by atoms with Gasteiger partial charge < -0.3 is 5.73 Å². The molecule has 0 radical (unpaired) electrons. The second-order valence-corrected chi connectivity index (χ2v) is 3.12. The first-order valence-corrected chi connectivity index (χ1v) is 4.58. The summed E-state index contributed by atoms with van der Waals surface area (Å²) in [4.78, 5) is 0. The highest BCUT2D eigenvalue weighted by Gasteiger charge is 2.01. The number of nitrogen functional groups attached to an aromatic ring is 1. The molecule has 74 valence electrons. The summed E-state index contributed by atoms with van der Waals surface area (Å²) in [6.07, 6.45) is 5.53. The van der Waals surface area contributed by atoms with Crippen molar-refractivity contribution in [3.05, 3.63) is 30.2 Å². The van der Waals surface area contributed by atoms with Crippen molar-refractivity contribution in [3.63, 3.8) is 0 Å². The van der Waals surface area contributed by atoms with Gasteiger partial charge in [-0.1, -0.05) is 0 Å². The van der Waals surface area contributed by atoms with Crippen LogP contribution in [0.2, 0.25) is 0 Å². The van der Waals surface area contributed by atoms with Gasteiger partial charge in [-0.05, 0) is 13.0 Å². The summed E-state index contributed by atoms with van der Waals surface area (Å²) in [6, 6.07) is 1.78. The zero-order chi connectivity index (χ0) is 9.97. The maximum atomic E-state index is 5.70. The molecule has 0 saturated heterocycles. The van der Waals surface area contributed by atoms with E-state index in [0.29, 0.717) is 12.4 Å². The van der Waals surface area contributed by atoms with Crippen molar-refractivity contribution in [3.8, 4) is 0 Å². The molecule has 14 heavy (non-hydrogen) atoms. The molecule has 2 aromatic rings. The monoisotopic (exact) mass is 191 g/mol. The first kappa shape index (κ1) is 8.80. The second-order valence-electron chi connectivity index (χ2n) is 3.12. The third-order valence-electron chi connectivity index (χ3n) is 2.09. The molecule has 0 aliphatic carbocycles. The van der Waals surface area contributed by atoms with Gasteiger partial charge in [0, 0.05) is 18.3 Å². The van der Waals surface area contributed by atoms with Crippen LogP contribution in [-0.4, -0.2) is 19.6 Å². The maximum absolute atomic E-state index is 5.70. The van der Waals surface area contributed by atoms with Crippen molar-refractivity contribution < 1.29 is 0 Å². The van der Waals surface area contributed by atoms with Gasteiger partial charge >= 0.3 is 0 Å². The Bertz CT molecular complexity index is 414. The van der Waals surface area contributed by atoms with Crippen LogP contribution in [0.4, 0.5) is 5.82 Å². The minimum absolute atomic E-state index is 0.675. The lowest BCUT2D eigenvalue weighted by molar-refractivity contribution is 0.656. The summed E-state index contributed by atoms with van der Waals surface area (Å²) in [6.45, 7) is 3.62. The Balaban J connectivity index is 2.15. The number of nitrogens with zero attached hydrogens (tertiary/aromatic N) is 4. The molecule has 2 aromatic heterocycles. The molecule has 0 bridgehead atoms. The summed E-state index contributed by atoms with van der Waals surface area (Å²) in [7, 11) is 0. The highest BCUT2D eigenvalue weighted by Crippen LogP contribution is 2.05. The summed E-state index contributed by atoms with van der Waals surface area (Å²) in [5.41, 5.74) is 6.81. The van der Waals surface area contributed by atoms with Crippen LogP contribution in [0.25, 0.3) is 0 Å². The average Bonchev–Trinajstić information content (AvgIpc) is 2.77. The number of aryl methyl sites for hydroxylation is 1. The standard InChI is InChI=1S/C9H13N5/c1-2-13-6-8(5-12-13)7-14-9(10)3-4-11-14/h3-6H,2,7,10H2,1H3. The van der Waals surface area contributed by atoms with E-state index in [1.54, 1.807) is 16.9 Å². The predicted octanol–water partition coefficient (Wildman–Crippen LogP) is 0.730. The van der Waals surface area contributed by atoms with Crippen molar-refractivity contribution in [1.29, 1.82) is 0 Å². The Labute approximate surface area is 82.1 Å². The van der Waals surface area contributed by atoms with Gasteiger partial charge in [0.25, 0.3) is 0 Å². The average molecular weight is 191 g/mol.